The van der Waals surface area contributed by atoms with E-state index >= 15 is 0 Å². The van der Waals surface area contributed by atoms with Gasteiger partial charge in [0.05, 0.1) is 0 Å². The summed E-state index contributed by atoms with van der Waals surface area (Å²) in [6, 6.07) is 5.97. The molecular weight excluding hydrogens is 245 g/mol. The molecule has 82 valence electrons. The fraction of sp³-hybridized carbons (Fsp3) is 0.182. The normalized spacial score (nSPS) is 10.5. The minimum absolute atomic E-state index is 0.109. The van der Waals surface area contributed by atoms with Gasteiger partial charge in [0.2, 0.25) is 10.6 Å². The molecule has 0 atom stereocenters. The van der Waals surface area contributed by atoms with E-state index in [2.05, 4.69) is 15.0 Å². The summed E-state index contributed by atoms with van der Waals surface area (Å²) >= 11 is 11.5. The molecule has 1 aromatic heterocycles. The molecule has 16 heavy (non-hydrogen) atoms. The predicted octanol–water partition coefficient (Wildman–Crippen LogP) is 3.46. The van der Waals surface area contributed by atoms with Gasteiger partial charge in [-0.1, -0.05) is 18.2 Å². The second kappa shape index (κ2) is 4.36. The number of nitrogens with zero attached hydrogens (tertiary/aromatic N) is 3. The van der Waals surface area contributed by atoms with E-state index in [1.165, 1.54) is 0 Å². The molecule has 0 N–H and O–H groups in total. The van der Waals surface area contributed by atoms with Gasteiger partial charge in [-0.25, -0.2) is 0 Å². The zero-order valence-corrected chi connectivity index (χ0v) is 10.3. The molecule has 0 aliphatic rings. The summed E-state index contributed by atoms with van der Waals surface area (Å²) in [4.78, 5) is 11.9. The molecule has 0 radical (unpaired) electrons. The van der Waals surface area contributed by atoms with Crippen LogP contribution in [0.3, 0.4) is 0 Å². The maximum atomic E-state index is 5.76. The van der Waals surface area contributed by atoms with Crippen molar-refractivity contribution in [1.29, 1.82) is 0 Å². The van der Waals surface area contributed by atoms with E-state index < -0.39 is 0 Å². The average molecular weight is 254 g/mol. The first-order valence-electron chi connectivity index (χ1n) is 4.71. The molecule has 1 heterocycles. The first-order valence-corrected chi connectivity index (χ1v) is 5.47. The van der Waals surface area contributed by atoms with Crippen LogP contribution in [0.1, 0.15) is 11.1 Å². The largest absolute Gasteiger partial charge is 0.227 e. The lowest BCUT2D eigenvalue weighted by Gasteiger charge is -2.07. The van der Waals surface area contributed by atoms with Crippen LogP contribution in [0.4, 0.5) is 0 Å². The smallest absolute Gasteiger partial charge is 0.198 e. The summed E-state index contributed by atoms with van der Waals surface area (Å²) < 4.78 is 0. The van der Waals surface area contributed by atoms with Crippen LogP contribution in [0.2, 0.25) is 10.6 Å². The van der Waals surface area contributed by atoms with Gasteiger partial charge in [0.15, 0.2) is 5.82 Å². The van der Waals surface area contributed by atoms with E-state index in [0.29, 0.717) is 5.82 Å². The van der Waals surface area contributed by atoms with Gasteiger partial charge in [-0.3, -0.25) is 0 Å². The third-order valence-electron chi connectivity index (χ3n) is 2.29. The highest BCUT2D eigenvalue weighted by Crippen LogP contribution is 2.25. The van der Waals surface area contributed by atoms with Crippen molar-refractivity contribution in [2.75, 3.05) is 0 Å². The van der Waals surface area contributed by atoms with E-state index in [-0.39, 0.29) is 10.6 Å². The highest BCUT2D eigenvalue weighted by atomic mass is 35.5. The average Bonchev–Trinajstić information content (AvgIpc) is 2.15. The number of hydrogen-bond acceptors (Lipinski definition) is 3. The van der Waals surface area contributed by atoms with Gasteiger partial charge in [0, 0.05) is 5.56 Å². The topological polar surface area (TPSA) is 38.7 Å². The van der Waals surface area contributed by atoms with Crippen molar-refractivity contribution in [3.8, 4) is 11.4 Å². The first kappa shape index (κ1) is 11.3. The molecule has 2 rings (SSSR count). The van der Waals surface area contributed by atoms with Crippen molar-refractivity contribution in [3.05, 3.63) is 39.9 Å². The van der Waals surface area contributed by atoms with Crippen LogP contribution in [0.25, 0.3) is 11.4 Å². The molecule has 2 aromatic rings. The van der Waals surface area contributed by atoms with Crippen molar-refractivity contribution in [1.82, 2.24) is 15.0 Å². The zero-order valence-electron chi connectivity index (χ0n) is 8.83. The molecule has 0 amide bonds. The maximum Gasteiger partial charge on any atom is 0.227 e. The summed E-state index contributed by atoms with van der Waals surface area (Å²) in [5.74, 6) is 0.514. The molecule has 0 bridgehead atoms. The Morgan fingerprint density at radius 1 is 0.875 bits per heavy atom. The van der Waals surface area contributed by atoms with E-state index in [4.69, 9.17) is 23.2 Å². The Hall–Kier alpha value is -1.19. The Kier molecular flexibility index (Phi) is 3.08. The molecule has 0 saturated heterocycles. The van der Waals surface area contributed by atoms with Gasteiger partial charge in [-0.15, -0.1) is 0 Å². The second-order valence-corrected chi connectivity index (χ2v) is 4.14. The SMILES string of the molecule is Cc1cccc(C)c1-c1nc(Cl)nc(Cl)n1. The van der Waals surface area contributed by atoms with Gasteiger partial charge in [-0.2, -0.15) is 15.0 Å². The number of benzene rings is 1. The Balaban J connectivity index is 2.67. The van der Waals surface area contributed by atoms with E-state index in [9.17, 15) is 0 Å². The van der Waals surface area contributed by atoms with E-state index in [1.807, 2.05) is 32.0 Å². The van der Waals surface area contributed by atoms with Crippen LogP contribution >= 0.6 is 23.2 Å². The van der Waals surface area contributed by atoms with Crippen LogP contribution in [0.15, 0.2) is 18.2 Å². The van der Waals surface area contributed by atoms with Crippen LogP contribution < -0.4 is 0 Å². The summed E-state index contributed by atoms with van der Waals surface area (Å²) in [6.07, 6.45) is 0. The number of rotatable bonds is 1. The Labute approximate surface area is 103 Å². The Morgan fingerprint density at radius 3 is 1.88 bits per heavy atom. The van der Waals surface area contributed by atoms with Crippen molar-refractivity contribution in [3.63, 3.8) is 0 Å². The van der Waals surface area contributed by atoms with Crippen molar-refractivity contribution < 1.29 is 0 Å². The van der Waals surface area contributed by atoms with Crippen molar-refractivity contribution in [2.45, 2.75) is 13.8 Å². The molecule has 5 heteroatoms. The second-order valence-electron chi connectivity index (χ2n) is 3.46. The standard InChI is InChI=1S/C11H9Cl2N3/c1-6-4-3-5-7(2)8(6)9-14-10(12)16-11(13)15-9/h3-5H,1-2H3. The molecule has 0 spiro atoms. The minimum atomic E-state index is 0.109. The van der Waals surface area contributed by atoms with Gasteiger partial charge in [0.25, 0.3) is 0 Å². The lowest BCUT2D eigenvalue weighted by atomic mass is 10.0. The molecule has 3 nitrogen and oxygen atoms in total. The third kappa shape index (κ3) is 2.15. The van der Waals surface area contributed by atoms with Crippen LogP contribution in [-0.2, 0) is 0 Å². The molecule has 0 saturated carbocycles. The fourth-order valence-corrected chi connectivity index (χ4v) is 1.97. The quantitative estimate of drug-likeness (QED) is 0.782. The summed E-state index contributed by atoms with van der Waals surface area (Å²) in [5, 5.41) is 0.218. The Morgan fingerprint density at radius 2 is 1.38 bits per heavy atom. The zero-order chi connectivity index (χ0) is 11.7. The molecule has 1 aromatic carbocycles. The fourth-order valence-electron chi connectivity index (χ4n) is 1.60. The van der Waals surface area contributed by atoms with Gasteiger partial charge >= 0.3 is 0 Å². The van der Waals surface area contributed by atoms with Crippen LogP contribution in [0, 0.1) is 13.8 Å². The van der Waals surface area contributed by atoms with E-state index in [0.717, 1.165) is 16.7 Å². The molecule has 0 fully saturated rings. The minimum Gasteiger partial charge on any atom is -0.198 e. The van der Waals surface area contributed by atoms with Crippen molar-refractivity contribution in [2.24, 2.45) is 0 Å². The molecule has 0 aliphatic carbocycles. The highest BCUT2D eigenvalue weighted by molar-refractivity contribution is 6.31. The van der Waals surface area contributed by atoms with Crippen LogP contribution in [-0.4, -0.2) is 15.0 Å². The maximum absolute atomic E-state index is 5.76. The highest BCUT2D eigenvalue weighted by Gasteiger charge is 2.10. The molecule has 0 aliphatic heterocycles. The van der Waals surface area contributed by atoms with Crippen LogP contribution in [0.5, 0.6) is 0 Å². The monoisotopic (exact) mass is 253 g/mol. The number of halogens is 2. The lowest BCUT2D eigenvalue weighted by molar-refractivity contribution is 1.05. The summed E-state index contributed by atoms with van der Waals surface area (Å²) in [7, 11) is 0. The summed E-state index contributed by atoms with van der Waals surface area (Å²) in [6.45, 7) is 3.99. The van der Waals surface area contributed by atoms with Gasteiger partial charge in [0.1, 0.15) is 0 Å². The summed E-state index contributed by atoms with van der Waals surface area (Å²) in [5.41, 5.74) is 3.12. The third-order valence-corrected chi connectivity index (χ3v) is 2.62. The molecular formula is C11H9Cl2N3. The number of hydrogen-bond donors (Lipinski definition) is 0. The predicted molar refractivity (Wildman–Crippen MR) is 64.8 cm³/mol. The first-order chi connectivity index (χ1) is 7.58. The number of aryl methyl sites for hydroxylation is 2. The lowest BCUT2D eigenvalue weighted by Crippen LogP contribution is -1.97. The molecule has 0 unspecified atom stereocenters. The van der Waals surface area contributed by atoms with E-state index in [1.54, 1.807) is 0 Å². The van der Waals surface area contributed by atoms with Gasteiger partial charge in [-0.05, 0) is 48.2 Å². The number of aromatic nitrogens is 3. The van der Waals surface area contributed by atoms with Crippen molar-refractivity contribution >= 4 is 23.2 Å². The van der Waals surface area contributed by atoms with Gasteiger partial charge < -0.3 is 0 Å². The Bertz CT molecular complexity index is 500.